The molecule has 0 fully saturated rings. The van der Waals surface area contributed by atoms with Crippen molar-refractivity contribution < 1.29 is 19.5 Å². The van der Waals surface area contributed by atoms with E-state index in [1.54, 1.807) is 24.3 Å². The van der Waals surface area contributed by atoms with E-state index in [1.165, 1.54) is 25.7 Å². The number of anilines is 1. The fraction of sp³-hybridized carbons (Fsp3) is 0.526. The molecule has 5 nitrogen and oxygen atoms in total. The van der Waals surface area contributed by atoms with Gasteiger partial charge in [0, 0.05) is 24.1 Å². The zero-order valence-corrected chi connectivity index (χ0v) is 14.3. The molecule has 0 aliphatic heterocycles. The molecule has 0 atom stereocenters. The Morgan fingerprint density at radius 2 is 1.50 bits per heavy atom. The van der Waals surface area contributed by atoms with Gasteiger partial charge in [-0.1, -0.05) is 39.0 Å². The van der Waals surface area contributed by atoms with E-state index in [-0.39, 0.29) is 24.5 Å². The Morgan fingerprint density at radius 1 is 0.875 bits per heavy atom. The number of rotatable bonds is 12. The number of nitrogens with one attached hydrogen (secondary N) is 1. The van der Waals surface area contributed by atoms with Crippen LogP contribution < -0.4 is 5.32 Å². The summed E-state index contributed by atoms with van der Waals surface area (Å²) in [6, 6.07) is 6.58. The molecule has 0 saturated heterocycles. The summed E-state index contributed by atoms with van der Waals surface area (Å²) in [5.41, 5.74) is 1.12. The second-order valence-corrected chi connectivity index (χ2v) is 5.96. The van der Waals surface area contributed by atoms with Crippen molar-refractivity contribution in [1.29, 1.82) is 0 Å². The molecular weight excluding hydrogens is 306 g/mol. The third-order valence-electron chi connectivity index (χ3n) is 3.81. The minimum absolute atomic E-state index is 0.0148. The third-order valence-corrected chi connectivity index (χ3v) is 3.81. The van der Waals surface area contributed by atoms with Crippen LogP contribution in [0.3, 0.4) is 0 Å². The summed E-state index contributed by atoms with van der Waals surface area (Å²) in [4.78, 5) is 34.1. The number of Topliss-reactive ketones (excluding diaryl/α,β-unsaturated/α-hetero) is 1. The number of carbonyl (C=O) groups is 3. The lowest BCUT2D eigenvalue weighted by atomic mass is 10.1. The van der Waals surface area contributed by atoms with Gasteiger partial charge in [0.05, 0.1) is 6.42 Å². The average molecular weight is 333 g/mol. The molecule has 24 heavy (non-hydrogen) atoms. The summed E-state index contributed by atoms with van der Waals surface area (Å²) >= 11 is 0. The number of benzene rings is 1. The summed E-state index contributed by atoms with van der Waals surface area (Å²) in [5, 5.41) is 11.4. The van der Waals surface area contributed by atoms with Crippen molar-refractivity contribution in [2.75, 3.05) is 5.32 Å². The highest BCUT2D eigenvalue weighted by molar-refractivity contribution is 5.98. The van der Waals surface area contributed by atoms with E-state index in [1.807, 2.05) is 0 Å². The van der Waals surface area contributed by atoms with Crippen molar-refractivity contribution in [3.05, 3.63) is 29.8 Å². The Labute approximate surface area is 143 Å². The van der Waals surface area contributed by atoms with E-state index in [9.17, 15) is 14.4 Å². The molecule has 1 rings (SSSR count). The normalized spacial score (nSPS) is 10.4. The van der Waals surface area contributed by atoms with Gasteiger partial charge in [-0.2, -0.15) is 0 Å². The topological polar surface area (TPSA) is 83.5 Å². The van der Waals surface area contributed by atoms with Crippen molar-refractivity contribution in [2.45, 2.75) is 64.7 Å². The van der Waals surface area contributed by atoms with E-state index in [0.29, 0.717) is 17.7 Å². The van der Waals surface area contributed by atoms with E-state index < -0.39 is 5.97 Å². The molecule has 1 aromatic carbocycles. The van der Waals surface area contributed by atoms with Crippen LogP contribution in [0.4, 0.5) is 5.69 Å². The summed E-state index contributed by atoms with van der Waals surface area (Å²) in [7, 11) is 0. The van der Waals surface area contributed by atoms with Gasteiger partial charge in [-0.3, -0.25) is 14.4 Å². The molecule has 0 radical (unpaired) electrons. The Hall–Kier alpha value is -2.17. The molecule has 1 amide bonds. The highest BCUT2D eigenvalue weighted by atomic mass is 16.4. The van der Waals surface area contributed by atoms with Crippen LogP contribution in [-0.4, -0.2) is 22.8 Å². The zero-order chi connectivity index (χ0) is 17.8. The molecule has 0 saturated carbocycles. The predicted molar refractivity (Wildman–Crippen MR) is 94.3 cm³/mol. The van der Waals surface area contributed by atoms with Gasteiger partial charge in [0.2, 0.25) is 5.91 Å². The van der Waals surface area contributed by atoms with Crippen molar-refractivity contribution in [3.8, 4) is 0 Å². The van der Waals surface area contributed by atoms with Crippen molar-refractivity contribution in [2.24, 2.45) is 0 Å². The molecular formula is C19H27NO4. The van der Waals surface area contributed by atoms with Crippen LogP contribution in [0.2, 0.25) is 0 Å². The number of amides is 1. The van der Waals surface area contributed by atoms with Crippen molar-refractivity contribution in [3.63, 3.8) is 0 Å². The summed E-state index contributed by atoms with van der Waals surface area (Å²) in [5.74, 6) is -1.21. The maximum Gasteiger partial charge on any atom is 0.303 e. The lowest BCUT2D eigenvalue weighted by Crippen LogP contribution is -2.11. The maximum atomic E-state index is 11.9. The smallest absolute Gasteiger partial charge is 0.303 e. The molecule has 1 aromatic rings. The van der Waals surface area contributed by atoms with E-state index >= 15 is 0 Å². The van der Waals surface area contributed by atoms with E-state index in [0.717, 1.165) is 12.8 Å². The monoisotopic (exact) mass is 333 g/mol. The molecule has 0 aromatic heterocycles. The van der Waals surface area contributed by atoms with Gasteiger partial charge in [-0.05, 0) is 30.7 Å². The number of unbranched alkanes of at least 4 members (excludes halogenated alkanes) is 5. The van der Waals surface area contributed by atoms with Gasteiger partial charge < -0.3 is 10.4 Å². The van der Waals surface area contributed by atoms with Crippen molar-refractivity contribution in [1.82, 2.24) is 0 Å². The SMILES string of the molecule is CCCCCCCCC(=O)Nc1ccc(C(=O)CCC(=O)O)cc1. The molecule has 0 aliphatic carbocycles. The van der Waals surface area contributed by atoms with Gasteiger partial charge >= 0.3 is 5.97 Å². The van der Waals surface area contributed by atoms with Gasteiger partial charge in [0.1, 0.15) is 0 Å². The van der Waals surface area contributed by atoms with Crippen LogP contribution in [0.1, 0.15) is 75.1 Å². The van der Waals surface area contributed by atoms with Crippen LogP contribution in [0.15, 0.2) is 24.3 Å². The minimum atomic E-state index is -0.984. The first-order valence-electron chi connectivity index (χ1n) is 8.68. The third kappa shape index (κ3) is 8.46. The summed E-state index contributed by atoms with van der Waals surface area (Å²) < 4.78 is 0. The highest BCUT2D eigenvalue weighted by Gasteiger charge is 2.09. The molecule has 2 N–H and O–H groups in total. The Kier molecular flexibility index (Phi) is 9.42. The second kappa shape index (κ2) is 11.4. The van der Waals surface area contributed by atoms with E-state index in [2.05, 4.69) is 12.2 Å². The summed E-state index contributed by atoms with van der Waals surface area (Å²) in [6.07, 6.45) is 7.16. The fourth-order valence-corrected chi connectivity index (χ4v) is 2.39. The molecule has 0 aliphatic rings. The van der Waals surface area contributed by atoms with Gasteiger partial charge in [0.15, 0.2) is 5.78 Å². The Bertz CT molecular complexity index is 537. The standard InChI is InChI=1S/C19H27NO4/c1-2-3-4-5-6-7-8-18(22)20-16-11-9-15(10-12-16)17(21)13-14-19(23)24/h9-12H,2-8,13-14H2,1H3,(H,20,22)(H,23,24). The largest absolute Gasteiger partial charge is 0.481 e. The number of carbonyl (C=O) groups excluding carboxylic acids is 2. The summed E-state index contributed by atoms with van der Waals surface area (Å²) in [6.45, 7) is 2.18. The number of aliphatic carboxylic acids is 1. The van der Waals surface area contributed by atoms with Crippen LogP contribution in [-0.2, 0) is 9.59 Å². The molecule has 132 valence electrons. The molecule has 0 bridgehead atoms. The van der Waals surface area contributed by atoms with Crippen LogP contribution in [0.5, 0.6) is 0 Å². The highest BCUT2D eigenvalue weighted by Crippen LogP contribution is 2.13. The maximum absolute atomic E-state index is 11.9. The predicted octanol–water partition coefficient (Wildman–Crippen LogP) is 4.42. The van der Waals surface area contributed by atoms with Crippen LogP contribution in [0.25, 0.3) is 0 Å². The van der Waals surface area contributed by atoms with E-state index in [4.69, 9.17) is 5.11 Å². The average Bonchev–Trinajstić information content (AvgIpc) is 2.56. The first-order valence-corrected chi connectivity index (χ1v) is 8.68. The molecule has 0 heterocycles. The van der Waals surface area contributed by atoms with Gasteiger partial charge in [-0.15, -0.1) is 0 Å². The van der Waals surface area contributed by atoms with Crippen LogP contribution in [0, 0.1) is 0 Å². The number of carboxylic acids is 1. The zero-order valence-electron chi connectivity index (χ0n) is 14.3. The number of ketones is 1. The Morgan fingerprint density at radius 3 is 2.12 bits per heavy atom. The number of hydrogen-bond donors (Lipinski definition) is 2. The minimum Gasteiger partial charge on any atom is -0.481 e. The molecule has 0 unspecified atom stereocenters. The van der Waals surface area contributed by atoms with Gasteiger partial charge in [-0.25, -0.2) is 0 Å². The van der Waals surface area contributed by atoms with Crippen molar-refractivity contribution >= 4 is 23.3 Å². The lowest BCUT2D eigenvalue weighted by molar-refractivity contribution is -0.137. The Balaban J connectivity index is 2.31. The first kappa shape index (κ1) is 19.9. The number of carboxylic acid groups (broad SMARTS) is 1. The number of hydrogen-bond acceptors (Lipinski definition) is 3. The van der Waals surface area contributed by atoms with Gasteiger partial charge in [0.25, 0.3) is 0 Å². The first-order chi connectivity index (χ1) is 11.5. The molecule has 5 heteroatoms. The quantitative estimate of drug-likeness (QED) is 0.438. The lowest BCUT2D eigenvalue weighted by Gasteiger charge is -2.06. The fourth-order valence-electron chi connectivity index (χ4n) is 2.39. The molecule has 0 spiro atoms. The second-order valence-electron chi connectivity index (χ2n) is 5.96. The van der Waals surface area contributed by atoms with Crippen LogP contribution >= 0.6 is 0 Å².